The molecule has 0 unspecified atom stereocenters. The summed E-state index contributed by atoms with van der Waals surface area (Å²) in [5, 5.41) is 8.23. The Morgan fingerprint density at radius 1 is 1.14 bits per heavy atom. The molecule has 2 aromatic heterocycles. The highest BCUT2D eigenvalue weighted by atomic mass is 15.4. The second-order valence-electron chi connectivity index (χ2n) is 5.50. The zero-order valence-corrected chi connectivity index (χ0v) is 12.0. The van der Waals surface area contributed by atoms with E-state index in [0.29, 0.717) is 0 Å². The summed E-state index contributed by atoms with van der Waals surface area (Å²) in [7, 11) is 0. The summed E-state index contributed by atoms with van der Waals surface area (Å²) in [6, 6.07) is 12.6. The topological polar surface area (TPSA) is 42.7 Å². The van der Waals surface area contributed by atoms with Crippen LogP contribution in [0.15, 0.2) is 48.8 Å². The van der Waals surface area contributed by atoms with E-state index in [1.807, 2.05) is 23.9 Å². The summed E-state index contributed by atoms with van der Waals surface area (Å²) in [6.45, 7) is 4.14. The molecule has 1 N–H and O–H groups in total. The monoisotopic (exact) mass is 276 g/mol. The maximum absolute atomic E-state index is 4.66. The van der Waals surface area contributed by atoms with Gasteiger partial charge in [-0.1, -0.05) is 17.7 Å². The molecule has 0 spiro atoms. The first kappa shape index (κ1) is 12.1. The molecule has 1 aliphatic heterocycles. The Hall–Kier alpha value is -2.62. The van der Waals surface area contributed by atoms with Crippen LogP contribution in [0.1, 0.15) is 23.0 Å². The molecule has 0 aliphatic carbocycles. The number of hydrogen-bond donors (Lipinski definition) is 1. The molecule has 0 saturated carbocycles. The predicted molar refractivity (Wildman–Crippen MR) is 83.1 cm³/mol. The molecular formula is C17H16N4. The van der Waals surface area contributed by atoms with Crippen LogP contribution in [-0.2, 0) is 0 Å². The van der Waals surface area contributed by atoms with E-state index in [-0.39, 0.29) is 6.17 Å². The molecule has 0 radical (unpaired) electrons. The van der Waals surface area contributed by atoms with E-state index in [1.54, 1.807) is 6.20 Å². The van der Waals surface area contributed by atoms with Crippen molar-refractivity contribution in [3.05, 3.63) is 65.6 Å². The number of fused-ring (bicyclic) bond motifs is 3. The van der Waals surface area contributed by atoms with Gasteiger partial charge >= 0.3 is 0 Å². The van der Waals surface area contributed by atoms with Crippen molar-refractivity contribution in [1.29, 1.82) is 0 Å². The summed E-state index contributed by atoms with van der Waals surface area (Å²) in [5.41, 5.74) is 6.88. The third-order valence-corrected chi connectivity index (χ3v) is 3.85. The molecule has 21 heavy (non-hydrogen) atoms. The van der Waals surface area contributed by atoms with Crippen LogP contribution in [0, 0.1) is 13.8 Å². The standard InChI is InChI=1S/C17H16N4/c1-11-5-6-15-14(8-11)16-9-12(2)20-21(16)17(19-15)13-4-3-7-18-10-13/h3-10,17,19H,1-2H3/t17-/m1/s1. The zero-order valence-electron chi connectivity index (χ0n) is 12.0. The fraction of sp³-hybridized carbons (Fsp3) is 0.176. The van der Waals surface area contributed by atoms with Gasteiger partial charge in [-0.3, -0.25) is 4.98 Å². The van der Waals surface area contributed by atoms with Crippen LogP contribution < -0.4 is 5.32 Å². The lowest BCUT2D eigenvalue weighted by molar-refractivity contribution is 0.569. The van der Waals surface area contributed by atoms with E-state index < -0.39 is 0 Å². The minimum absolute atomic E-state index is 0.0161. The largest absolute Gasteiger partial charge is 0.359 e. The van der Waals surface area contributed by atoms with Gasteiger partial charge < -0.3 is 5.32 Å². The second kappa shape index (κ2) is 4.45. The third kappa shape index (κ3) is 1.91. The first-order valence-corrected chi connectivity index (χ1v) is 7.06. The smallest absolute Gasteiger partial charge is 0.148 e. The maximum atomic E-state index is 4.66. The molecule has 3 heterocycles. The number of anilines is 1. The lowest BCUT2D eigenvalue weighted by Crippen LogP contribution is -2.25. The molecule has 4 nitrogen and oxygen atoms in total. The van der Waals surface area contributed by atoms with Crippen LogP contribution in [0.25, 0.3) is 11.3 Å². The molecule has 4 rings (SSSR count). The lowest BCUT2D eigenvalue weighted by atomic mass is 10.0. The number of nitrogens with zero attached hydrogens (tertiary/aromatic N) is 3. The van der Waals surface area contributed by atoms with Gasteiger partial charge in [0.15, 0.2) is 0 Å². The van der Waals surface area contributed by atoms with E-state index in [0.717, 1.165) is 22.6 Å². The molecule has 4 heteroatoms. The lowest BCUT2D eigenvalue weighted by Gasteiger charge is -2.29. The molecule has 1 aromatic carbocycles. The van der Waals surface area contributed by atoms with Crippen LogP contribution >= 0.6 is 0 Å². The van der Waals surface area contributed by atoms with E-state index in [4.69, 9.17) is 0 Å². The van der Waals surface area contributed by atoms with E-state index in [2.05, 4.69) is 52.7 Å². The number of aryl methyl sites for hydroxylation is 2. The summed E-state index contributed by atoms with van der Waals surface area (Å²) in [6.07, 6.45) is 3.66. The SMILES string of the molecule is Cc1ccc2c(c1)-c1cc(C)nn1[C@H](c1cccnc1)N2. The van der Waals surface area contributed by atoms with Crippen molar-refractivity contribution in [3.8, 4) is 11.3 Å². The number of rotatable bonds is 1. The van der Waals surface area contributed by atoms with Gasteiger partial charge in [0.05, 0.1) is 11.4 Å². The van der Waals surface area contributed by atoms with Gasteiger partial charge in [-0.2, -0.15) is 5.10 Å². The quantitative estimate of drug-likeness (QED) is 0.739. The van der Waals surface area contributed by atoms with Crippen molar-refractivity contribution in [2.24, 2.45) is 0 Å². The molecule has 1 atom stereocenters. The van der Waals surface area contributed by atoms with Gasteiger partial charge in [0.25, 0.3) is 0 Å². The van der Waals surface area contributed by atoms with Gasteiger partial charge in [0, 0.05) is 29.2 Å². The average Bonchev–Trinajstić information content (AvgIpc) is 2.89. The van der Waals surface area contributed by atoms with Crippen LogP contribution in [0.5, 0.6) is 0 Å². The van der Waals surface area contributed by atoms with Crippen molar-refractivity contribution in [2.75, 3.05) is 5.32 Å². The third-order valence-electron chi connectivity index (χ3n) is 3.85. The summed E-state index contributed by atoms with van der Waals surface area (Å²) < 4.78 is 2.05. The number of pyridine rings is 1. The number of aromatic nitrogens is 3. The van der Waals surface area contributed by atoms with Crippen molar-refractivity contribution in [2.45, 2.75) is 20.0 Å². The van der Waals surface area contributed by atoms with Gasteiger partial charge in [-0.05, 0) is 38.1 Å². The molecule has 1 aliphatic rings. The summed E-state index contributed by atoms with van der Waals surface area (Å²) >= 11 is 0. The van der Waals surface area contributed by atoms with E-state index >= 15 is 0 Å². The maximum Gasteiger partial charge on any atom is 0.148 e. The highest BCUT2D eigenvalue weighted by molar-refractivity contribution is 5.79. The first-order valence-electron chi connectivity index (χ1n) is 7.06. The van der Waals surface area contributed by atoms with E-state index in [9.17, 15) is 0 Å². The van der Waals surface area contributed by atoms with Gasteiger partial charge in [-0.15, -0.1) is 0 Å². The highest BCUT2D eigenvalue weighted by Gasteiger charge is 2.26. The number of nitrogens with one attached hydrogen (secondary N) is 1. The van der Waals surface area contributed by atoms with Crippen molar-refractivity contribution >= 4 is 5.69 Å². The van der Waals surface area contributed by atoms with Crippen molar-refractivity contribution in [1.82, 2.24) is 14.8 Å². The molecule has 104 valence electrons. The summed E-state index contributed by atoms with van der Waals surface area (Å²) in [4.78, 5) is 4.23. The molecule has 3 aromatic rings. The molecule has 0 saturated heterocycles. The zero-order chi connectivity index (χ0) is 14.4. The Morgan fingerprint density at radius 3 is 2.86 bits per heavy atom. The Balaban J connectivity index is 1.93. The minimum Gasteiger partial charge on any atom is -0.359 e. The van der Waals surface area contributed by atoms with Crippen LogP contribution in [0.3, 0.4) is 0 Å². The number of benzene rings is 1. The summed E-state index contributed by atoms with van der Waals surface area (Å²) in [5.74, 6) is 0. The molecular weight excluding hydrogens is 260 g/mol. The molecule has 0 fully saturated rings. The Kier molecular flexibility index (Phi) is 2.57. The van der Waals surface area contributed by atoms with Crippen LogP contribution in [-0.4, -0.2) is 14.8 Å². The second-order valence-corrected chi connectivity index (χ2v) is 5.50. The van der Waals surface area contributed by atoms with Gasteiger partial charge in [0.2, 0.25) is 0 Å². The highest BCUT2D eigenvalue weighted by Crippen LogP contribution is 2.38. The van der Waals surface area contributed by atoms with Crippen molar-refractivity contribution in [3.63, 3.8) is 0 Å². The van der Waals surface area contributed by atoms with Crippen LogP contribution in [0.2, 0.25) is 0 Å². The molecule has 0 bridgehead atoms. The van der Waals surface area contributed by atoms with Gasteiger partial charge in [0.1, 0.15) is 6.17 Å². The molecule has 0 amide bonds. The number of hydrogen-bond acceptors (Lipinski definition) is 3. The Bertz CT molecular complexity index is 805. The van der Waals surface area contributed by atoms with E-state index in [1.165, 1.54) is 11.1 Å². The predicted octanol–water partition coefficient (Wildman–Crippen LogP) is 3.53. The Labute approximate surface area is 123 Å². The minimum atomic E-state index is -0.0161. The van der Waals surface area contributed by atoms with Crippen molar-refractivity contribution < 1.29 is 0 Å². The van der Waals surface area contributed by atoms with Gasteiger partial charge in [-0.25, -0.2) is 4.68 Å². The average molecular weight is 276 g/mol. The van der Waals surface area contributed by atoms with Crippen LogP contribution in [0.4, 0.5) is 5.69 Å². The fourth-order valence-electron chi connectivity index (χ4n) is 2.88. The Morgan fingerprint density at radius 2 is 2.05 bits per heavy atom. The first-order chi connectivity index (χ1) is 10.2. The fourth-order valence-corrected chi connectivity index (χ4v) is 2.88. The normalized spacial score (nSPS) is 16.0.